The van der Waals surface area contributed by atoms with Crippen molar-refractivity contribution in [2.24, 2.45) is 4.99 Å². The van der Waals surface area contributed by atoms with Gasteiger partial charge in [0.2, 0.25) is 0 Å². The van der Waals surface area contributed by atoms with Crippen LogP contribution in [0, 0.1) is 6.92 Å². The van der Waals surface area contributed by atoms with Gasteiger partial charge < -0.3 is 0 Å². The van der Waals surface area contributed by atoms with Crippen LogP contribution in [-0.4, -0.2) is 12.8 Å². The zero-order valence-corrected chi connectivity index (χ0v) is 11.1. The molecule has 0 saturated carbocycles. The maximum absolute atomic E-state index is 4.25. The Balaban J connectivity index is 0.00000106. The molecule has 0 aliphatic heterocycles. The predicted molar refractivity (Wildman–Crippen MR) is 75.2 cm³/mol. The topological polar surface area (TPSA) is 12.4 Å². The van der Waals surface area contributed by atoms with Crippen molar-refractivity contribution in [2.45, 2.75) is 34.6 Å². The molecule has 0 aromatic heterocycles. The van der Waals surface area contributed by atoms with Crippen molar-refractivity contribution in [1.29, 1.82) is 0 Å². The predicted octanol–water partition coefficient (Wildman–Crippen LogP) is 4.52. The van der Waals surface area contributed by atoms with E-state index in [9.17, 15) is 0 Å². The van der Waals surface area contributed by atoms with Gasteiger partial charge in [0.25, 0.3) is 0 Å². The highest BCUT2D eigenvalue weighted by atomic mass is 14.7. The Kier molecular flexibility index (Phi) is 8.14. The highest BCUT2D eigenvalue weighted by molar-refractivity contribution is 6.09. The van der Waals surface area contributed by atoms with Crippen molar-refractivity contribution in [3.63, 3.8) is 0 Å². The number of aryl methyl sites for hydroxylation is 1. The lowest BCUT2D eigenvalue weighted by Crippen LogP contribution is -1.86. The Morgan fingerprint density at radius 2 is 1.75 bits per heavy atom. The zero-order valence-electron chi connectivity index (χ0n) is 11.1. The maximum Gasteiger partial charge on any atom is 0.0361 e. The van der Waals surface area contributed by atoms with Crippen molar-refractivity contribution in [3.8, 4) is 0 Å². The standard InChI is InChI=1S/C13H17N.C2H6/c1-4-12(10-14-5-2)13-8-6-11(3)7-9-13;1-2/h4,6-10H,5H2,1-3H3;1-2H3/b12-4+,14-10?;. The molecule has 0 N–H and O–H groups in total. The van der Waals surface area contributed by atoms with E-state index in [4.69, 9.17) is 0 Å². The summed E-state index contributed by atoms with van der Waals surface area (Å²) in [4.78, 5) is 4.25. The largest absolute Gasteiger partial charge is 0.293 e. The van der Waals surface area contributed by atoms with Gasteiger partial charge in [-0.1, -0.05) is 49.8 Å². The molecular formula is C15H23N. The highest BCUT2D eigenvalue weighted by Crippen LogP contribution is 2.13. The van der Waals surface area contributed by atoms with Crippen LogP contribution in [0.2, 0.25) is 0 Å². The number of rotatable bonds is 3. The lowest BCUT2D eigenvalue weighted by molar-refractivity contribution is 1.14. The van der Waals surface area contributed by atoms with Crippen LogP contribution in [0.3, 0.4) is 0 Å². The number of nitrogens with zero attached hydrogens (tertiary/aromatic N) is 1. The molecule has 0 unspecified atom stereocenters. The van der Waals surface area contributed by atoms with Gasteiger partial charge in [0.1, 0.15) is 0 Å². The zero-order chi connectivity index (χ0) is 12.4. The van der Waals surface area contributed by atoms with E-state index in [0.717, 1.165) is 6.54 Å². The normalized spacial score (nSPS) is 11.2. The number of allylic oxidation sites excluding steroid dienone is 2. The molecule has 0 spiro atoms. The summed E-state index contributed by atoms with van der Waals surface area (Å²) in [5.74, 6) is 0. The van der Waals surface area contributed by atoms with Gasteiger partial charge in [-0.3, -0.25) is 4.99 Å². The first kappa shape index (κ1) is 14.6. The van der Waals surface area contributed by atoms with E-state index in [0.29, 0.717) is 0 Å². The molecule has 0 heterocycles. The SMILES string of the molecule is C/C=C(\C=NCC)c1ccc(C)cc1.CC. The summed E-state index contributed by atoms with van der Waals surface area (Å²) in [5.41, 5.74) is 3.71. The Morgan fingerprint density at radius 3 is 2.19 bits per heavy atom. The molecule has 1 aromatic rings. The maximum atomic E-state index is 4.25. The van der Waals surface area contributed by atoms with Crippen LogP contribution in [0.4, 0.5) is 0 Å². The lowest BCUT2D eigenvalue weighted by Gasteiger charge is -2.01. The third-order valence-electron chi connectivity index (χ3n) is 2.11. The summed E-state index contributed by atoms with van der Waals surface area (Å²) < 4.78 is 0. The van der Waals surface area contributed by atoms with Crippen LogP contribution in [0.1, 0.15) is 38.8 Å². The average Bonchev–Trinajstić information content (AvgIpc) is 2.35. The third kappa shape index (κ3) is 4.92. The highest BCUT2D eigenvalue weighted by Gasteiger charge is 1.95. The molecule has 1 heteroatoms. The van der Waals surface area contributed by atoms with Crippen molar-refractivity contribution in [2.75, 3.05) is 6.54 Å². The minimum Gasteiger partial charge on any atom is -0.293 e. The molecule has 0 atom stereocenters. The molecule has 0 saturated heterocycles. The third-order valence-corrected chi connectivity index (χ3v) is 2.11. The first-order chi connectivity index (χ1) is 7.77. The number of aliphatic imine (C=N–C) groups is 1. The molecule has 1 aromatic carbocycles. The second-order valence-corrected chi connectivity index (χ2v) is 3.24. The van der Waals surface area contributed by atoms with Crippen LogP contribution in [0.15, 0.2) is 35.3 Å². The fraction of sp³-hybridized carbons (Fsp3) is 0.400. The van der Waals surface area contributed by atoms with E-state index in [1.54, 1.807) is 0 Å². The number of benzene rings is 1. The Hall–Kier alpha value is -1.37. The summed E-state index contributed by atoms with van der Waals surface area (Å²) in [7, 11) is 0. The van der Waals surface area contributed by atoms with Gasteiger partial charge in [-0.15, -0.1) is 0 Å². The van der Waals surface area contributed by atoms with E-state index < -0.39 is 0 Å². The van der Waals surface area contributed by atoms with Crippen LogP contribution >= 0.6 is 0 Å². The first-order valence-corrected chi connectivity index (χ1v) is 6.01. The lowest BCUT2D eigenvalue weighted by atomic mass is 10.1. The summed E-state index contributed by atoms with van der Waals surface area (Å²) in [6.07, 6.45) is 4.02. The van der Waals surface area contributed by atoms with E-state index in [1.807, 2.05) is 33.9 Å². The van der Waals surface area contributed by atoms with Crippen LogP contribution < -0.4 is 0 Å². The number of hydrogen-bond donors (Lipinski definition) is 0. The van der Waals surface area contributed by atoms with E-state index in [-0.39, 0.29) is 0 Å². The Bertz CT molecular complexity index is 331. The second kappa shape index (κ2) is 8.90. The molecule has 0 amide bonds. The minimum absolute atomic E-state index is 0.837. The molecule has 0 bridgehead atoms. The van der Waals surface area contributed by atoms with Crippen molar-refractivity contribution in [3.05, 3.63) is 41.5 Å². The molecule has 0 radical (unpaired) electrons. The summed E-state index contributed by atoms with van der Waals surface area (Å²) in [6, 6.07) is 8.51. The summed E-state index contributed by atoms with van der Waals surface area (Å²) in [5, 5.41) is 0. The van der Waals surface area contributed by atoms with E-state index in [1.165, 1.54) is 16.7 Å². The molecule has 0 aliphatic rings. The molecular weight excluding hydrogens is 194 g/mol. The molecule has 1 rings (SSSR count). The van der Waals surface area contributed by atoms with Crippen LogP contribution in [0.25, 0.3) is 5.57 Å². The monoisotopic (exact) mass is 217 g/mol. The average molecular weight is 217 g/mol. The van der Waals surface area contributed by atoms with Gasteiger partial charge in [-0.25, -0.2) is 0 Å². The van der Waals surface area contributed by atoms with Crippen molar-refractivity contribution >= 4 is 11.8 Å². The van der Waals surface area contributed by atoms with Crippen molar-refractivity contribution < 1.29 is 0 Å². The molecule has 0 aliphatic carbocycles. The van der Waals surface area contributed by atoms with Gasteiger partial charge >= 0.3 is 0 Å². The van der Waals surface area contributed by atoms with Crippen LogP contribution in [0.5, 0.6) is 0 Å². The van der Waals surface area contributed by atoms with E-state index in [2.05, 4.69) is 42.3 Å². The quantitative estimate of drug-likeness (QED) is 0.660. The van der Waals surface area contributed by atoms with Crippen LogP contribution in [-0.2, 0) is 0 Å². The number of hydrogen-bond acceptors (Lipinski definition) is 1. The van der Waals surface area contributed by atoms with Gasteiger partial charge in [0, 0.05) is 12.8 Å². The van der Waals surface area contributed by atoms with Gasteiger partial charge in [0.15, 0.2) is 0 Å². The van der Waals surface area contributed by atoms with Crippen molar-refractivity contribution in [1.82, 2.24) is 0 Å². The van der Waals surface area contributed by atoms with Gasteiger partial charge in [0.05, 0.1) is 0 Å². The summed E-state index contributed by atoms with van der Waals surface area (Å²) >= 11 is 0. The first-order valence-electron chi connectivity index (χ1n) is 6.01. The molecule has 1 nitrogen and oxygen atoms in total. The fourth-order valence-electron chi connectivity index (χ4n) is 1.25. The second-order valence-electron chi connectivity index (χ2n) is 3.24. The Morgan fingerprint density at radius 1 is 1.19 bits per heavy atom. The molecule has 16 heavy (non-hydrogen) atoms. The fourth-order valence-corrected chi connectivity index (χ4v) is 1.25. The minimum atomic E-state index is 0.837. The smallest absolute Gasteiger partial charge is 0.0361 e. The van der Waals surface area contributed by atoms with Gasteiger partial charge in [-0.2, -0.15) is 0 Å². The molecule has 88 valence electrons. The van der Waals surface area contributed by atoms with Gasteiger partial charge in [-0.05, 0) is 31.9 Å². The Labute approximate surface area is 99.9 Å². The van der Waals surface area contributed by atoms with E-state index >= 15 is 0 Å². The molecule has 0 fully saturated rings. The summed E-state index contributed by atoms with van der Waals surface area (Å²) in [6.45, 7) is 11.0.